The van der Waals surface area contributed by atoms with Gasteiger partial charge in [-0.2, -0.15) is 0 Å². The molecule has 0 aliphatic heterocycles. The monoisotopic (exact) mass is 286 g/mol. The first kappa shape index (κ1) is 16.7. The Labute approximate surface area is 117 Å². The summed E-state index contributed by atoms with van der Waals surface area (Å²) in [6.07, 6.45) is -0.185. The van der Waals surface area contributed by atoms with Gasteiger partial charge >= 0.3 is 0 Å². The highest BCUT2D eigenvalue weighted by Gasteiger charge is 2.21. The van der Waals surface area contributed by atoms with Crippen LogP contribution in [0, 0.1) is 11.6 Å². The van der Waals surface area contributed by atoms with Crippen LogP contribution in [-0.4, -0.2) is 31.2 Å². The van der Waals surface area contributed by atoms with E-state index in [0.717, 1.165) is 12.1 Å². The van der Waals surface area contributed by atoms with Crippen molar-refractivity contribution < 1.29 is 23.0 Å². The van der Waals surface area contributed by atoms with Gasteiger partial charge in [-0.15, -0.1) is 0 Å². The molecular formula is C15H20F2O3. The average Bonchev–Trinajstić information content (AvgIpc) is 2.37. The van der Waals surface area contributed by atoms with Crippen molar-refractivity contribution in [2.24, 2.45) is 0 Å². The van der Waals surface area contributed by atoms with E-state index in [1.54, 1.807) is 14.0 Å². The quantitative estimate of drug-likeness (QED) is 0.721. The Morgan fingerprint density at radius 3 is 2.55 bits per heavy atom. The maximum atomic E-state index is 13.5. The Morgan fingerprint density at radius 2 is 2.00 bits per heavy atom. The molecule has 1 aromatic rings. The number of methoxy groups -OCH3 is 1. The molecule has 112 valence electrons. The Morgan fingerprint density at radius 1 is 1.35 bits per heavy atom. The molecule has 5 heteroatoms. The molecule has 1 unspecified atom stereocenters. The van der Waals surface area contributed by atoms with E-state index in [9.17, 15) is 13.6 Å². The molecule has 0 aliphatic rings. The Bertz CT molecular complexity index is 472. The minimum atomic E-state index is -0.873. The first-order valence-corrected chi connectivity index (χ1v) is 6.43. The summed E-state index contributed by atoms with van der Waals surface area (Å²) in [6, 6.07) is 2.87. The molecule has 0 fully saturated rings. The summed E-state index contributed by atoms with van der Waals surface area (Å²) in [5.41, 5.74) is -0.505. The normalized spacial score (nSPS) is 13.3. The minimum absolute atomic E-state index is 0.162. The van der Waals surface area contributed by atoms with Gasteiger partial charge in [-0.25, -0.2) is 8.78 Å². The molecule has 0 saturated heterocycles. The molecule has 0 bridgehead atoms. The number of ketones is 1. The average molecular weight is 286 g/mol. The minimum Gasteiger partial charge on any atom is -0.379 e. The highest BCUT2D eigenvalue weighted by molar-refractivity contribution is 5.99. The molecule has 0 saturated carbocycles. The highest BCUT2D eigenvalue weighted by atomic mass is 19.1. The van der Waals surface area contributed by atoms with Crippen molar-refractivity contribution in [1.82, 2.24) is 0 Å². The molecule has 20 heavy (non-hydrogen) atoms. The lowest BCUT2D eigenvalue weighted by Crippen LogP contribution is -2.28. The van der Waals surface area contributed by atoms with E-state index < -0.39 is 23.5 Å². The van der Waals surface area contributed by atoms with Crippen LogP contribution in [0.15, 0.2) is 18.2 Å². The maximum absolute atomic E-state index is 13.5. The number of ether oxygens (including phenoxy) is 2. The van der Waals surface area contributed by atoms with E-state index in [0.29, 0.717) is 19.1 Å². The van der Waals surface area contributed by atoms with Crippen molar-refractivity contribution in [3.63, 3.8) is 0 Å². The maximum Gasteiger partial charge on any atom is 0.194 e. The van der Waals surface area contributed by atoms with Gasteiger partial charge in [0.25, 0.3) is 0 Å². The summed E-state index contributed by atoms with van der Waals surface area (Å²) in [5, 5.41) is 0. The van der Waals surface area contributed by atoms with Crippen LogP contribution in [0.5, 0.6) is 0 Å². The van der Waals surface area contributed by atoms with Crippen LogP contribution in [0.4, 0.5) is 8.78 Å². The predicted octanol–water partition coefficient (Wildman–Crippen LogP) is 3.37. The van der Waals surface area contributed by atoms with Crippen molar-refractivity contribution in [3.8, 4) is 0 Å². The van der Waals surface area contributed by atoms with Crippen LogP contribution < -0.4 is 0 Å². The number of Topliss-reactive ketones (excluding diaryl/α,β-unsaturated/α-hetero) is 1. The summed E-state index contributed by atoms with van der Waals surface area (Å²) in [7, 11) is 1.60. The van der Waals surface area contributed by atoms with E-state index in [1.807, 2.05) is 13.8 Å². The number of carbonyl (C=O) groups is 1. The SMILES string of the molecule is COC(C)(C)CCOC(C)C(=O)c1ccc(F)cc1F. The molecule has 0 radical (unpaired) electrons. The third kappa shape index (κ3) is 4.65. The molecule has 0 spiro atoms. The number of benzene rings is 1. The number of rotatable bonds is 7. The number of hydrogen-bond donors (Lipinski definition) is 0. The predicted molar refractivity (Wildman–Crippen MR) is 71.8 cm³/mol. The van der Waals surface area contributed by atoms with Crippen LogP contribution in [0.2, 0.25) is 0 Å². The van der Waals surface area contributed by atoms with E-state index in [-0.39, 0.29) is 11.2 Å². The largest absolute Gasteiger partial charge is 0.379 e. The number of halogens is 2. The number of hydrogen-bond acceptors (Lipinski definition) is 3. The molecule has 0 aliphatic carbocycles. The lowest BCUT2D eigenvalue weighted by Gasteiger charge is -2.23. The molecule has 0 heterocycles. The fraction of sp³-hybridized carbons (Fsp3) is 0.533. The van der Waals surface area contributed by atoms with Crippen molar-refractivity contribution in [2.45, 2.75) is 38.9 Å². The lowest BCUT2D eigenvalue weighted by atomic mass is 10.1. The van der Waals surface area contributed by atoms with Crippen molar-refractivity contribution in [1.29, 1.82) is 0 Å². The van der Waals surface area contributed by atoms with Gasteiger partial charge in [0, 0.05) is 13.2 Å². The zero-order valence-electron chi connectivity index (χ0n) is 12.2. The summed E-state index contributed by atoms with van der Waals surface area (Å²) in [6.45, 7) is 5.67. The smallest absolute Gasteiger partial charge is 0.194 e. The zero-order valence-corrected chi connectivity index (χ0v) is 12.2. The standard InChI is InChI=1S/C15H20F2O3/c1-10(20-8-7-15(2,3)19-4)14(18)12-6-5-11(16)9-13(12)17/h5-6,9-10H,7-8H2,1-4H3. The second-order valence-electron chi connectivity index (χ2n) is 5.22. The van der Waals surface area contributed by atoms with E-state index in [1.165, 1.54) is 0 Å². The van der Waals surface area contributed by atoms with Crippen LogP contribution in [0.3, 0.4) is 0 Å². The second kappa shape index (κ2) is 6.90. The zero-order chi connectivity index (χ0) is 15.3. The molecule has 0 N–H and O–H groups in total. The van der Waals surface area contributed by atoms with Crippen molar-refractivity contribution in [2.75, 3.05) is 13.7 Å². The lowest BCUT2D eigenvalue weighted by molar-refractivity contribution is -0.0198. The van der Waals surface area contributed by atoms with E-state index >= 15 is 0 Å². The van der Waals surface area contributed by atoms with Gasteiger partial charge in [0.1, 0.15) is 17.7 Å². The Kier molecular flexibility index (Phi) is 5.77. The molecule has 1 atom stereocenters. The van der Waals surface area contributed by atoms with Gasteiger partial charge in [0.2, 0.25) is 0 Å². The van der Waals surface area contributed by atoms with Gasteiger partial charge < -0.3 is 9.47 Å². The van der Waals surface area contributed by atoms with Gasteiger partial charge in [-0.3, -0.25) is 4.79 Å². The van der Waals surface area contributed by atoms with E-state index in [2.05, 4.69) is 0 Å². The van der Waals surface area contributed by atoms with Gasteiger partial charge in [-0.1, -0.05) is 0 Å². The Hall–Kier alpha value is -1.33. The summed E-state index contributed by atoms with van der Waals surface area (Å²) in [4.78, 5) is 12.0. The van der Waals surface area contributed by atoms with Crippen molar-refractivity contribution >= 4 is 5.78 Å². The summed E-state index contributed by atoms with van der Waals surface area (Å²) >= 11 is 0. The molecule has 0 amide bonds. The van der Waals surface area contributed by atoms with Crippen LogP contribution in [0.1, 0.15) is 37.6 Å². The highest BCUT2D eigenvalue weighted by Crippen LogP contribution is 2.16. The molecular weight excluding hydrogens is 266 g/mol. The van der Waals surface area contributed by atoms with Crippen LogP contribution >= 0.6 is 0 Å². The van der Waals surface area contributed by atoms with Gasteiger partial charge in [0.05, 0.1) is 17.8 Å². The fourth-order valence-corrected chi connectivity index (χ4v) is 1.57. The molecule has 1 aromatic carbocycles. The first-order chi connectivity index (χ1) is 9.26. The topological polar surface area (TPSA) is 35.5 Å². The van der Waals surface area contributed by atoms with E-state index in [4.69, 9.17) is 9.47 Å². The van der Waals surface area contributed by atoms with Crippen molar-refractivity contribution in [3.05, 3.63) is 35.4 Å². The van der Waals surface area contributed by atoms with Crippen LogP contribution in [-0.2, 0) is 9.47 Å². The molecule has 0 aromatic heterocycles. The Balaban J connectivity index is 2.59. The third-order valence-electron chi connectivity index (χ3n) is 3.19. The molecule has 3 nitrogen and oxygen atoms in total. The number of carbonyl (C=O) groups excluding carboxylic acids is 1. The first-order valence-electron chi connectivity index (χ1n) is 6.43. The second-order valence-corrected chi connectivity index (χ2v) is 5.22. The third-order valence-corrected chi connectivity index (χ3v) is 3.19. The van der Waals surface area contributed by atoms with Gasteiger partial charge in [-0.05, 0) is 39.3 Å². The van der Waals surface area contributed by atoms with Crippen LogP contribution in [0.25, 0.3) is 0 Å². The summed E-state index contributed by atoms with van der Waals surface area (Å²) in [5.74, 6) is -2.09. The summed E-state index contributed by atoms with van der Waals surface area (Å²) < 4.78 is 36.9. The fourth-order valence-electron chi connectivity index (χ4n) is 1.57. The van der Waals surface area contributed by atoms with Gasteiger partial charge in [0.15, 0.2) is 5.78 Å². The molecule has 1 rings (SSSR count).